The molecule has 2 atom stereocenters. The van der Waals surface area contributed by atoms with E-state index in [1.165, 1.54) is 18.9 Å². The lowest BCUT2D eigenvalue weighted by molar-refractivity contribution is 0.0697. The molecular formula is C14H18ClN3O2. The normalized spacial score (nSPS) is 26.6. The maximum atomic E-state index is 11.1. The van der Waals surface area contributed by atoms with E-state index in [0.29, 0.717) is 17.9 Å². The Morgan fingerprint density at radius 3 is 2.85 bits per heavy atom. The lowest BCUT2D eigenvalue weighted by Gasteiger charge is -2.26. The second kappa shape index (κ2) is 5.22. The van der Waals surface area contributed by atoms with Gasteiger partial charge in [0.2, 0.25) is 0 Å². The van der Waals surface area contributed by atoms with Crippen molar-refractivity contribution in [3.8, 4) is 0 Å². The molecule has 0 saturated carbocycles. The van der Waals surface area contributed by atoms with Gasteiger partial charge in [0.1, 0.15) is 11.0 Å². The van der Waals surface area contributed by atoms with E-state index in [1.54, 1.807) is 6.07 Å². The maximum absolute atomic E-state index is 11.1. The Morgan fingerprint density at radius 2 is 2.10 bits per heavy atom. The number of anilines is 1. The summed E-state index contributed by atoms with van der Waals surface area (Å²) in [4.78, 5) is 20.0. The molecule has 1 N–H and O–H groups in total. The second-order valence-electron chi connectivity index (χ2n) is 5.63. The lowest BCUT2D eigenvalue weighted by atomic mass is 10.1. The third-order valence-electron chi connectivity index (χ3n) is 4.50. The molecule has 0 spiro atoms. The van der Waals surface area contributed by atoms with Crippen LogP contribution in [0.2, 0.25) is 5.15 Å². The fraction of sp³-hybridized carbons (Fsp3) is 0.571. The first-order valence-corrected chi connectivity index (χ1v) is 7.30. The van der Waals surface area contributed by atoms with E-state index < -0.39 is 5.97 Å². The van der Waals surface area contributed by atoms with Gasteiger partial charge >= 0.3 is 5.97 Å². The molecule has 2 bridgehead atoms. The first kappa shape index (κ1) is 13.6. The van der Waals surface area contributed by atoms with E-state index in [4.69, 9.17) is 16.7 Å². The average Bonchev–Trinajstić information content (AvgIpc) is 2.62. The van der Waals surface area contributed by atoms with Gasteiger partial charge < -0.3 is 10.0 Å². The third kappa shape index (κ3) is 2.47. The largest absolute Gasteiger partial charge is 0.478 e. The van der Waals surface area contributed by atoms with E-state index in [0.717, 1.165) is 19.5 Å². The van der Waals surface area contributed by atoms with Crippen LogP contribution in [0.1, 0.15) is 29.6 Å². The van der Waals surface area contributed by atoms with Gasteiger partial charge in [-0.2, -0.15) is 0 Å². The van der Waals surface area contributed by atoms with Crippen LogP contribution in [0.3, 0.4) is 0 Å². The van der Waals surface area contributed by atoms with Gasteiger partial charge in [0, 0.05) is 25.2 Å². The minimum absolute atomic E-state index is 0.197. The van der Waals surface area contributed by atoms with E-state index in [1.807, 2.05) is 0 Å². The highest BCUT2D eigenvalue weighted by Gasteiger charge is 2.35. The summed E-state index contributed by atoms with van der Waals surface area (Å²) in [6, 6.07) is 4.18. The lowest BCUT2D eigenvalue weighted by Crippen LogP contribution is -2.37. The topological polar surface area (TPSA) is 56.7 Å². The molecule has 0 aliphatic carbocycles. The monoisotopic (exact) mass is 295 g/mol. The molecule has 108 valence electrons. The van der Waals surface area contributed by atoms with E-state index in [9.17, 15) is 4.79 Å². The van der Waals surface area contributed by atoms with Crippen molar-refractivity contribution in [1.29, 1.82) is 0 Å². The number of hydrogen-bond donors (Lipinski definition) is 1. The average molecular weight is 296 g/mol. The molecule has 6 heteroatoms. The zero-order valence-corrected chi connectivity index (χ0v) is 12.2. The van der Waals surface area contributed by atoms with Gasteiger partial charge in [0.15, 0.2) is 0 Å². The van der Waals surface area contributed by atoms with E-state index in [2.05, 4.69) is 21.8 Å². The van der Waals surface area contributed by atoms with Crippen molar-refractivity contribution in [3.05, 3.63) is 22.8 Å². The van der Waals surface area contributed by atoms with Gasteiger partial charge in [-0.05, 0) is 38.4 Å². The molecular weight excluding hydrogens is 278 g/mol. The molecule has 1 aromatic rings. The Balaban J connectivity index is 1.87. The van der Waals surface area contributed by atoms with Crippen molar-refractivity contribution in [2.24, 2.45) is 0 Å². The molecule has 2 fully saturated rings. The number of rotatable bonds is 2. The molecule has 2 aliphatic heterocycles. The van der Waals surface area contributed by atoms with Crippen LogP contribution >= 0.6 is 11.6 Å². The van der Waals surface area contributed by atoms with Crippen molar-refractivity contribution in [1.82, 2.24) is 9.88 Å². The van der Waals surface area contributed by atoms with Gasteiger partial charge in [-0.25, -0.2) is 9.78 Å². The Morgan fingerprint density at radius 1 is 1.35 bits per heavy atom. The first-order chi connectivity index (χ1) is 9.54. The second-order valence-corrected chi connectivity index (χ2v) is 6.01. The highest BCUT2D eigenvalue weighted by atomic mass is 35.5. The molecule has 5 nitrogen and oxygen atoms in total. The number of nitrogens with zero attached hydrogens (tertiary/aromatic N) is 3. The highest BCUT2D eigenvalue weighted by Crippen LogP contribution is 2.30. The Labute approximate surface area is 123 Å². The zero-order valence-electron chi connectivity index (χ0n) is 11.4. The molecule has 2 saturated heterocycles. The Kier molecular flexibility index (Phi) is 3.56. The number of hydrogen-bond acceptors (Lipinski definition) is 4. The van der Waals surface area contributed by atoms with Crippen LogP contribution in [0.4, 0.5) is 5.82 Å². The van der Waals surface area contributed by atoms with Crippen molar-refractivity contribution in [2.45, 2.75) is 31.3 Å². The van der Waals surface area contributed by atoms with Gasteiger partial charge in [0.05, 0.1) is 5.56 Å². The molecule has 0 radical (unpaired) electrons. The summed E-state index contributed by atoms with van der Waals surface area (Å²) in [5.41, 5.74) is 0.197. The molecule has 2 unspecified atom stereocenters. The SMILES string of the molecule is CN1C2CCC1CN(c1cc(C(=O)O)cc(Cl)n1)CC2. The summed E-state index contributed by atoms with van der Waals surface area (Å²) in [7, 11) is 2.18. The molecule has 0 aromatic carbocycles. The first-order valence-electron chi connectivity index (χ1n) is 6.92. The minimum Gasteiger partial charge on any atom is -0.478 e. The standard InChI is InChI=1S/C14H18ClN3O2/c1-17-10-2-3-11(17)8-18(5-4-10)13-7-9(14(19)20)6-12(15)16-13/h6-7,10-11H,2-5,8H2,1H3,(H,19,20). The summed E-state index contributed by atoms with van der Waals surface area (Å²) >= 11 is 5.95. The fourth-order valence-electron chi connectivity index (χ4n) is 3.29. The van der Waals surface area contributed by atoms with Crippen molar-refractivity contribution < 1.29 is 9.90 Å². The van der Waals surface area contributed by atoms with Crippen LogP contribution in [0, 0.1) is 0 Å². The van der Waals surface area contributed by atoms with Crippen LogP contribution in [0.5, 0.6) is 0 Å². The molecule has 2 aliphatic rings. The molecule has 20 heavy (non-hydrogen) atoms. The van der Waals surface area contributed by atoms with Crippen LogP contribution in [0.25, 0.3) is 0 Å². The van der Waals surface area contributed by atoms with Crippen LogP contribution < -0.4 is 4.90 Å². The van der Waals surface area contributed by atoms with Crippen molar-refractivity contribution >= 4 is 23.4 Å². The number of fused-ring (bicyclic) bond motifs is 2. The van der Waals surface area contributed by atoms with Gasteiger partial charge in [0.25, 0.3) is 0 Å². The zero-order chi connectivity index (χ0) is 14.3. The van der Waals surface area contributed by atoms with Gasteiger partial charge in [-0.3, -0.25) is 4.90 Å². The minimum atomic E-state index is -0.969. The number of pyridine rings is 1. The third-order valence-corrected chi connectivity index (χ3v) is 4.69. The van der Waals surface area contributed by atoms with Gasteiger partial charge in [-0.15, -0.1) is 0 Å². The highest BCUT2D eigenvalue weighted by molar-refractivity contribution is 6.29. The molecule has 0 amide bonds. The van der Waals surface area contributed by atoms with Crippen molar-refractivity contribution in [2.75, 3.05) is 25.0 Å². The van der Waals surface area contributed by atoms with Crippen LogP contribution in [0.15, 0.2) is 12.1 Å². The summed E-state index contributed by atoms with van der Waals surface area (Å²) < 4.78 is 0. The number of aromatic nitrogens is 1. The number of aromatic carboxylic acids is 1. The summed E-state index contributed by atoms with van der Waals surface area (Å²) in [6.07, 6.45) is 3.55. The Hall–Kier alpha value is -1.33. The number of carbonyl (C=O) groups is 1. The number of likely N-dealkylation sites (N-methyl/N-ethyl adjacent to an activating group) is 1. The number of halogens is 1. The van der Waals surface area contributed by atoms with Crippen LogP contribution in [-0.2, 0) is 0 Å². The molecule has 3 heterocycles. The predicted octanol–water partition coefficient (Wildman–Crippen LogP) is 2.11. The maximum Gasteiger partial charge on any atom is 0.335 e. The summed E-state index contributed by atoms with van der Waals surface area (Å²) in [5.74, 6) is -0.292. The van der Waals surface area contributed by atoms with E-state index in [-0.39, 0.29) is 10.7 Å². The van der Waals surface area contributed by atoms with Gasteiger partial charge in [-0.1, -0.05) is 11.6 Å². The smallest absolute Gasteiger partial charge is 0.335 e. The van der Waals surface area contributed by atoms with Crippen LogP contribution in [-0.4, -0.2) is 53.2 Å². The molecule has 3 rings (SSSR count). The molecule has 1 aromatic heterocycles. The number of carboxylic acids is 1. The summed E-state index contributed by atoms with van der Waals surface area (Å²) in [5, 5.41) is 9.36. The predicted molar refractivity (Wildman–Crippen MR) is 77.6 cm³/mol. The van der Waals surface area contributed by atoms with Crippen molar-refractivity contribution in [3.63, 3.8) is 0 Å². The van der Waals surface area contributed by atoms with E-state index >= 15 is 0 Å². The fourth-order valence-corrected chi connectivity index (χ4v) is 3.49. The quantitative estimate of drug-likeness (QED) is 0.847. The number of carboxylic acid groups (broad SMARTS) is 1. The summed E-state index contributed by atoms with van der Waals surface area (Å²) in [6.45, 7) is 1.79. The Bertz CT molecular complexity index is 537.